The van der Waals surface area contributed by atoms with Crippen LogP contribution in [0.25, 0.3) is 0 Å². The molecule has 0 saturated carbocycles. The topological polar surface area (TPSA) is 46.3 Å². The molecular weight excluding hydrogens is 259 g/mol. The Bertz CT molecular complexity index is 387. The van der Waals surface area contributed by atoms with Crippen LogP contribution < -0.4 is 5.73 Å². The molecule has 1 aromatic rings. The summed E-state index contributed by atoms with van der Waals surface area (Å²) >= 11 is 11.8. The molecular formula is C12H16Cl2N2O. The summed E-state index contributed by atoms with van der Waals surface area (Å²) < 4.78 is 0. The Balaban J connectivity index is 2.67. The molecule has 1 rings (SSSR count). The van der Waals surface area contributed by atoms with E-state index in [1.54, 1.807) is 30.1 Å². The molecule has 94 valence electrons. The minimum Gasteiger partial charge on any atom is -0.341 e. The van der Waals surface area contributed by atoms with E-state index in [0.717, 1.165) is 5.56 Å². The molecule has 0 radical (unpaired) electrons. The first-order chi connectivity index (χ1) is 7.88. The van der Waals surface area contributed by atoms with Crippen LogP contribution >= 0.6 is 23.2 Å². The van der Waals surface area contributed by atoms with E-state index in [1.807, 2.05) is 6.92 Å². The molecule has 1 amide bonds. The van der Waals surface area contributed by atoms with Crippen LogP contribution in [0.5, 0.6) is 0 Å². The first-order valence-electron chi connectivity index (χ1n) is 5.33. The molecule has 0 heterocycles. The van der Waals surface area contributed by atoms with E-state index in [4.69, 9.17) is 28.9 Å². The number of nitrogens with two attached hydrogens (primary N) is 1. The number of nitrogens with zero attached hydrogens (tertiary/aromatic N) is 1. The van der Waals surface area contributed by atoms with Crippen LogP contribution in [0.3, 0.4) is 0 Å². The molecule has 0 aliphatic rings. The number of hydrogen-bond acceptors (Lipinski definition) is 2. The van der Waals surface area contributed by atoms with Gasteiger partial charge in [0, 0.05) is 36.1 Å². The van der Waals surface area contributed by atoms with Crippen LogP contribution in [0.1, 0.15) is 18.9 Å². The molecule has 0 aromatic heterocycles. The second-order valence-electron chi connectivity index (χ2n) is 4.21. The van der Waals surface area contributed by atoms with Crippen LogP contribution in [-0.2, 0) is 11.3 Å². The SMILES string of the molecule is CC(N)CC(=O)N(C)Cc1cc(Cl)cc(Cl)c1. The Morgan fingerprint density at radius 1 is 1.35 bits per heavy atom. The predicted octanol–water partition coefficient (Wildman–Crippen LogP) is 2.69. The average Bonchev–Trinajstić information content (AvgIpc) is 2.14. The molecule has 2 N–H and O–H groups in total. The normalized spacial score (nSPS) is 12.3. The van der Waals surface area contributed by atoms with Crippen molar-refractivity contribution in [3.8, 4) is 0 Å². The second kappa shape index (κ2) is 6.24. The van der Waals surface area contributed by atoms with Crippen molar-refractivity contribution in [1.29, 1.82) is 0 Å². The van der Waals surface area contributed by atoms with Crippen molar-refractivity contribution in [2.45, 2.75) is 25.9 Å². The Morgan fingerprint density at radius 3 is 2.35 bits per heavy atom. The van der Waals surface area contributed by atoms with Gasteiger partial charge in [-0.15, -0.1) is 0 Å². The van der Waals surface area contributed by atoms with Crippen molar-refractivity contribution in [3.05, 3.63) is 33.8 Å². The molecule has 1 unspecified atom stereocenters. The van der Waals surface area contributed by atoms with Crippen LogP contribution in [-0.4, -0.2) is 23.9 Å². The number of amides is 1. The van der Waals surface area contributed by atoms with Gasteiger partial charge in [0.1, 0.15) is 0 Å². The van der Waals surface area contributed by atoms with E-state index in [0.29, 0.717) is 23.0 Å². The lowest BCUT2D eigenvalue weighted by molar-refractivity contribution is -0.130. The highest BCUT2D eigenvalue weighted by Crippen LogP contribution is 2.20. The molecule has 0 saturated heterocycles. The number of benzene rings is 1. The molecule has 0 spiro atoms. The highest BCUT2D eigenvalue weighted by Gasteiger charge is 2.11. The quantitative estimate of drug-likeness (QED) is 0.918. The highest BCUT2D eigenvalue weighted by atomic mass is 35.5. The zero-order chi connectivity index (χ0) is 13.0. The van der Waals surface area contributed by atoms with E-state index in [-0.39, 0.29) is 11.9 Å². The van der Waals surface area contributed by atoms with Crippen LogP contribution in [0.15, 0.2) is 18.2 Å². The molecule has 1 atom stereocenters. The monoisotopic (exact) mass is 274 g/mol. The first kappa shape index (κ1) is 14.3. The zero-order valence-electron chi connectivity index (χ0n) is 9.91. The van der Waals surface area contributed by atoms with Crippen molar-refractivity contribution >= 4 is 29.1 Å². The Morgan fingerprint density at radius 2 is 1.88 bits per heavy atom. The lowest BCUT2D eigenvalue weighted by Crippen LogP contribution is -2.31. The molecule has 0 fully saturated rings. The maximum absolute atomic E-state index is 11.7. The summed E-state index contributed by atoms with van der Waals surface area (Å²) in [5, 5.41) is 1.14. The van der Waals surface area contributed by atoms with E-state index in [2.05, 4.69) is 0 Å². The van der Waals surface area contributed by atoms with Crippen LogP contribution in [0.2, 0.25) is 10.0 Å². The summed E-state index contributed by atoms with van der Waals surface area (Å²) in [6.45, 7) is 2.29. The predicted molar refractivity (Wildman–Crippen MR) is 71.2 cm³/mol. The van der Waals surface area contributed by atoms with Gasteiger partial charge >= 0.3 is 0 Å². The molecule has 0 aliphatic heterocycles. The first-order valence-corrected chi connectivity index (χ1v) is 6.08. The number of carbonyl (C=O) groups excluding carboxylic acids is 1. The van der Waals surface area contributed by atoms with Gasteiger partial charge in [0.05, 0.1) is 0 Å². The Kier molecular flexibility index (Phi) is 5.25. The smallest absolute Gasteiger partial charge is 0.224 e. The maximum Gasteiger partial charge on any atom is 0.224 e. The summed E-state index contributed by atoms with van der Waals surface area (Å²) in [5.74, 6) is 0.0103. The summed E-state index contributed by atoms with van der Waals surface area (Å²) in [7, 11) is 1.74. The van der Waals surface area contributed by atoms with Crippen molar-refractivity contribution in [3.63, 3.8) is 0 Å². The van der Waals surface area contributed by atoms with Gasteiger partial charge in [-0.05, 0) is 30.7 Å². The molecule has 0 aliphatic carbocycles. The Hall–Kier alpha value is -0.770. The summed E-state index contributed by atoms with van der Waals surface area (Å²) in [6, 6.07) is 5.12. The summed E-state index contributed by atoms with van der Waals surface area (Å²) in [5.41, 5.74) is 6.49. The number of halogens is 2. The van der Waals surface area contributed by atoms with Crippen LogP contribution in [0.4, 0.5) is 0 Å². The molecule has 5 heteroatoms. The molecule has 1 aromatic carbocycles. The van der Waals surface area contributed by atoms with Crippen molar-refractivity contribution < 1.29 is 4.79 Å². The fraction of sp³-hybridized carbons (Fsp3) is 0.417. The lowest BCUT2D eigenvalue weighted by atomic mass is 10.2. The summed E-state index contributed by atoms with van der Waals surface area (Å²) in [6.07, 6.45) is 0.338. The fourth-order valence-corrected chi connectivity index (χ4v) is 2.07. The summed E-state index contributed by atoms with van der Waals surface area (Å²) in [4.78, 5) is 13.3. The number of carbonyl (C=O) groups is 1. The number of rotatable bonds is 4. The van der Waals surface area contributed by atoms with E-state index < -0.39 is 0 Å². The minimum absolute atomic E-state index is 0.0103. The van der Waals surface area contributed by atoms with E-state index in [9.17, 15) is 4.79 Å². The third-order valence-corrected chi connectivity index (χ3v) is 2.70. The standard InChI is InChI=1S/C12H16Cl2N2O/c1-8(15)3-12(17)16(2)7-9-4-10(13)6-11(14)5-9/h4-6,8H,3,7,15H2,1-2H3. The highest BCUT2D eigenvalue weighted by molar-refractivity contribution is 6.34. The fourth-order valence-electron chi connectivity index (χ4n) is 1.50. The largest absolute Gasteiger partial charge is 0.341 e. The molecule has 17 heavy (non-hydrogen) atoms. The number of hydrogen-bond donors (Lipinski definition) is 1. The van der Waals surface area contributed by atoms with Gasteiger partial charge in [-0.2, -0.15) is 0 Å². The van der Waals surface area contributed by atoms with Gasteiger partial charge in [0.2, 0.25) is 5.91 Å². The minimum atomic E-state index is -0.132. The molecule has 3 nitrogen and oxygen atoms in total. The van der Waals surface area contributed by atoms with Crippen molar-refractivity contribution in [2.75, 3.05) is 7.05 Å². The van der Waals surface area contributed by atoms with Gasteiger partial charge in [0.15, 0.2) is 0 Å². The van der Waals surface area contributed by atoms with Gasteiger partial charge in [-0.25, -0.2) is 0 Å². The van der Waals surface area contributed by atoms with Gasteiger partial charge in [-0.3, -0.25) is 4.79 Å². The average molecular weight is 275 g/mol. The third kappa shape index (κ3) is 4.94. The second-order valence-corrected chi connectivity index (χ2v) is 5.08. The van der Waals surface area contributed by atoms with Gasteiger partial charge < -0.3 is 10.6 Å². The van der Waals surface area contributed by atoms with Gasteiger partial charge in [0.25, 0.3) is 0 Å². The van der Waals surface area contributed by atoms with E-state index in [1.165, 1.54) is 0 Å². The maximum atomic E-state index is 11.7. The van der Waals surface area contributed by atoms with E-state index >= 15 is 0 Å². The van der Waals surface area contributed by atoms with Crippen molar-refractivity contribution in [2.24, 2.45) is 5.73 Å². The molecule has 0 bridgehead atoms. The Labute approximate surface area is 111 Å². The van der Waals surface area contributed by atoms with Crippen molar-refractivity contribution in [1.82, 2.24) is 4.90 Å². The zero-order valence-corrected chi connectivity index (χ0v) is 11.4. The lowest BCUT2D eigenvalue weighted by Gasteiger charge is -2.18. The third-order valence-electron chi connectivity index (χ3n) is 2.26. The van der Waals surface area contributed by atoms with Crippen LogP contribution in [0, 0.1) is 0 Å². The van der Waals surface area contributed by atoms with Gasteiger partial charge in [-0.1, -0.05) is 23.2 Å².